The lowest BCUT2D eigenvalue weighted by molar-refractivity contribution is -0.134. The van der Waals surface area contributed by atoms with Crippen molar-refractivity contribution in [3.63, 3.8) is 0 Å². The first kappa shape index (κ1) is 19.3. The van der Waals surface area contributed by atoms with Gasteiger partial charge in [0.25, 0.3) is 0 Å². The molecule has 5 rings (SSSR count). The van der Waals surface area contributed by atoms with Crippen LogP contribution >= 0.6 is 0 Å². The second kappa shape index (κ2) is 6.18. The van der Waals surface area contributed by atoms with Crippen LogP contribution in [0.1, 0.15) is 66.2 Å². The van der Waals surface area contributed by atoms with Crippen LogP contribution in [-0.2, 0) is 9.59 Å². The molecule has 0 aromatic rings. The number of carbonyl (C=O) groups excluding carboxylic acids is 2. The quantitative estimate of drug-likeness (QED) is 0.622. The average Bonchev–Trinajstić information content (AvgIpc) is 3.30. The third-order valence-corrected chi connectivity index (χ3v) is 10.0. The average molecular weight is 395 g/mol. The summed E-state index contributed by atoms with van der Waals surface area (Å²) in [4.78, 5) is 26.6. The number of hydrogen-bond acceptors (Lipinski definition) is 3. The molecular formula is C26H34O3. The highest BCUT2D eigenvalue weighted by Crippen LogP contribution is 2.63. The Kier molecular flexibility index (Phi) is 4.12. The van der Waals surface area contributed by atoms with Crippen LogP contribution in [0.5, 0.6) is 0 Å². The molecule has 2 saturated carbocycles. The molecule has 8 unspecified atom stereocenters. The van der Waals surface area contributed by atoms with Crippen molar-refractivity contribution in [1.82, 2.24) is 0 Å². The SMILES string of the molecule is CC1=CCCC2C1(C)CCC(C)C2(C)CC1=C(O)C(=O)C2C3C=CC(C3)C2C1=O. The second-order valence-corrected chi connectivity index (χ2v) is 11.1. The highest BCUT2D eigenvalue weighted by Gasteiger charge is 2.58. The number of hydrogen-bond donors (Lipinski definition) is 1. The number of ketones is 2. The lowest BCUT2D eigenvalue weighted by Gasteiger charge is -2.58. The molecule has 8 atom stereocenters. The van der Waals surface area contributed by atoms with Gasteiger partial charge in [-0.2, -0.15) is 0 Å². The van der Waals surface area contributed by atoms with Crippen molar-refractivity contribution in [3.8, 4) is 0 Å². The van der Waals surface area contributed by atoms with Crippen LogP contribution in [0.2, 0.25) is 0 Å². The molecule has 0 aliphatic heterocycles. The molecule has 3 nitrogen and oxygen atoms in total. The van der Waals surface area contributed by atoms with E-state index in [1.165, 1.54) is 12.0 Å². The van der Waals surface area contributed by atoms with Crippen LogP contribution in [0.3, 0.4) is 0 Å². The molecule has 2 bridgehead atoms. The van der Waals surface area contributed by atoms with Crippen molar-refractivity contribution in [3.05, 3.63) is 35.1 Å². The van der Waals surface area contributed by atoms with Crippen LogP contribution in [-0.4, -0.2) is 16.7 Å². The predicted octanol–water partition coefficient (Wildman–Crippen LogP) is 5.58. The molecular weight excluding hydrogens is 360 g/mol. The summed E-state index contributed by atoms with van der Waals surface area (Å²) in [6, 6.07) is 0. The zero-order chi connectivity index (χ0) is 20.7. The lowest BCUT2D eigenvalue weighted by Crippen LogP contribution is -2.51. The molecule has 5 aliphatic rings. The van der Waals surface area contributed by atoms with E-state index in [4.69, 9.17) is 0 Å². The molecule has 3 heteroatoms. The van der Waals surface area contributed by atoms with Crippen molar-refractivity contribution in [2.75, 3.05) is 0 Å². The van der Waals surface area contributed by atoms with E-state index >= 15 is 0 Å². The first-order valence-electron chi connectivity index (χ1n) is 11.5. The fourth-order valence-corrected chi connectivity index (χ4v) is 7.92. The Hall–Kier alpha value is -1.64. The molecule has 5 aliphatic carbocycles. The molecule has 0 spiro atoms. The topological polar surface area (TPSA) is 54.4 Å². The standard InChI is InChI=1S/C26H34O3/c1-14-6-5-7-19-25(14,3)11-10-15(2)26(19,4)13-18-22(27)20-16-8-9-17(12-16)21(20)24(29)23(18)28/h6,8-9,15-17,19-21,28H,5,7,10-13H2,1-4H3. The van der Waals surface area contributed by atoms with Crippen molar-refractivity contribution in [2.45, 2.75) is 66.2 Å². The van der Waals surface area contributed by atoms with Gasteiger partial charge in [0, 0.05) is 17.4 Å². The number of allylic oxidation sites excluding steroid dienone is 6. The Morgan fingerprint density at radius 3 is 2.41 bits per heavy atom. The first-order chi connectivity index (χ1) is 13.7. The summed E-state index contributed by atoms with van der Waals surface area (Å²) < 4.78 is 0. The van der Waals surface area contributed by atoms with Gasteiger partial charge in [0.15, 0.2) is 11.5 Å². The number of aliphatic hydroxyl groups excluding tert-OH is 1. The van der Waals surface area contributed by atoms with Crippen molar-refractivity contribution in [2.24, 2.45) is 46.3 Å². The van der Waals surface area contributed by atoms with Crippen LogP contribution < -0.4 is 0 Å². The fraction of sp³-hybridized carbons (Fsp3) is 0.692. The molecule has 0 aromatic heterocycles. The zero-order valence-corrected chi connectivity index (χ0v) is 18.2. The van der Waals surface area contributed by atoms with Gasteiger partial charge in [0.1, 0.15) is 0 Å². The molecule has 0 aromatic carbocycles. The summed E-state index contributed by atoms with van der Waals surface area (Å²) in [5.74, 6) is 0.407. The van der Waals surface area contributed by atoms with E-state index in [0.717, 1.165) is 25.7 Å². The van der Waals surface area contributed by atoms with E-state index in [2.05, 4.69) is 45.9 Å². The van der Waals surface area contributed by atoms with E-state index in [-0.39, 0.29) is 51.8 Å². The normalized spacial score (nSPS) is 48.6. The molecule has 29 heavy (non-hydrogen) atoms. The van der Waals surface area contributed by atoms with Crippen molar-refractivity contribution in [1.29, 1.82) is 0 Å². The van der Waals surface area contributed by atoms with Crippen molar-refractivity contribution < 1.29 is 14.7 Å². The molecule has 0 heterocycles. The third kappa shape index (κ3) is 2.42. The molecule has 0 amide bonds. The fourth-order valence-electron chi connectivity index (χ4n) is 7.92. The Morgan fingerprint density at radius 1 is 1.07 bits per heavy atom. The maximum absolute atomic E-state index is 13.6. The van der Waals surface area contributed by atoms with Gasteiger partial charge in [0.2, 0.25) is 5.78 Å². The highest BCUT2D eigenvalue weighted by atomic mass is 16.3. The predicted molar refractivity (Wildman–Crippen MR) is 113 cm³/mol. The summed E-state index contributed by atoms with van der Waals surface area (Å²) in [5, 5.41) is 10.9. The summed E-state index contributed by atoms with van der Waals surface area (Å²) in [5.41, 5.74) is 2.01. The maximum atomic E-state index is 13.6. The van der Waals surface area contributed by atoms with Gasteiger partial charge in [-0.05, 0) is 80.0 Å². The second-order valence-electron chi connectivity index (χ2n) is 11.1. The number of fused-ring (bicyclic) bond motifs is 6. The van der Waals surface area contributed by atoms with E-state index in [1.54, 1.807) is 0 Å². The minimum atomic E-state index is -0.317. The highest BCUT2D eigenvalue weighted by molar-refractivity contribution is 6.13. The van der Waals surface area contributed by atoms with Gasteiger partial charge in [0.05, 0.1) is 0 Å². The van der Waals surface area contributed by atoms with Crippen LogP contribution in [0, 0.1) is 46.3 Å². The largest absolute Gasteiger partial charge is 0.504 e. The van der Waals surface area contributed by atoms with Crippen LogP contribution in [0.4, 0.5) is 0 Å². The van der Waals surface area contributed by atoms with Gasteiger partial charge >= 0.3 is 0 Å². The molecule has 1 N–H and O–H groups in total. The van der Waals surface area contributed by atoms with Crippen molar-refractivity contribution >= 4 is 11.6 Å². The van der Waals surface area contributed by atoms with Gasteiger partial charge in [-0.1, -0.05) is 44.6 Å². The minimum Gasteiger partial charge on any atom is -0.504 e. The number of aliphatic hydroxyl groups is 1. The van der Waals surface area contributed by atoms with Gasteiger partial charge in [-0.25, -0.2) is 0 Å². The lowest BCUT2D eigenvalue weighted by atomic mass is 9.46. The number of rotatable bonds is 2. The molecule has 0 saturated heterocycles. The summed E-state index contributed by atoms with van der Waals surface area (Å²) in [7, 11) is 0. The maximum Gasteiger partial charge on any atom is 0.201 e. The molecule has 156 valence electrons. The summed E-state index contributed by atoms with van der Waals surface area (Å²) in [6.45, 7) is 9.29. The summed E-state index contributed by atoms with van der Waals surface area (Å²) in [6.07, 6.45) is 12.6. The van der Waals surface area contributed by atoms with E-state index < -0.39 is 0 Å². The summed E-state index contributed by atoms with van der Waals surface area (Å²) >= 11 is 0. The Balaban J connectivity index is 1.53. The van der Waals surface area contributed by atoms with Crippen LogP contribution in [0.15, 0.2) is 35.1 Å². The Labute approximate surface area is 174 Å². The van der Waals surface area contributed by atoms with Gasteiger partial charge < -0.3 is 5.11 Å². The van der Waals surface area contributed by atoms with Gasteiger partial charge in [-0.3, -0.25) is 9.59 Å². The van der Waals surface area contributed by atoms with E-state index in [0.29, 0.717) is 23.8 Å². The third-order valence-electron chi connectivity index (χ3n) is 10.0. The van der Waals surface area contributed by atoms with Crippen LogP contribution in [0.25, 0.3) is 0 Å². The Bertz CT molecular complexity index is 876. The smallest absolute Gasteiger partial charge is 0.201 e. The van der Waals surface area contributed by atoms with Gasteiger partial charge in [-0.15, -0.1) is 0 Å². The van der Waals surface area contributed by atoms with E-state index in [1.807, 2.05) is 0 Å². The first-order valence-corrected chi connectivity index (χ1v) is 11.5. The van der Waals surface area contributed by atoms with E-state index in [9.17, 15) is 14.7 Å². The number of carbonyl (C=O) groups is 2. The number of Topliss-reactive ketones (excluding diaryl/α,β-unsaturated/α-hetero) is 2. The molecule has 0 radical (unpaired) electrons. The Morgan fingerprint density at radius 2 is 1.72 bits per heavy atom. The molecule has 2 fully saturated rings. The monoisotopic (exact) mass is 394 g/mol. The zero-order valence-electron chi connectivity index (χ0n) is 18.2. The minimum absolute atomic E-state index is 0.0627.